The molecule has 2 rings (SSSR count). The molecule has 0 aliphatic heterocycles. The van der Waals surface area contributed by atoms with Crippen LogP contribution in [0.2, 0.25) is 0 Å². The van der Waals surface area contributed by atoms with Gasteiger partial charge in [-0.1, -0.05) is 0 Å². The molecule has 0 amide bonds. The molecular weight excluding hydrogens is 232 g/mol. The number of aliphatic carboxylic acids is 1. The van der Waals surface area contributed by atoms with Crippen LogP contribution in [0.3, 0.4) is 0 Å². The predicted molar refractivity (Wildman–Crippen MR) is 64.6 cm³/mol. The second-order valence-corrected chi connectivity index (χ2v) is 4.02. The third kappa shape index (κ3) is 2.37. The fourth-order valence-corrected chi connectivity index (χ4v) is 1.89. The first-order valence-electron chi connectivity index (χ1n) is 5.63. The SMILES string of the molecule is Cc1nn(-c2cnccn2)c(C)c1CCC(=O)O. The Morgan fingerprint density at radius 2 is 2.17 bits per heavy atom. The van der Waals surface area contributed by atoms with E-state index in [1.54, 1.807) is 23.3 Å². The lowest BCUT2D eigenvalue weighted by atomic mass is 10.1. The predicted octanol–water partition coefficient (Wildman–Crippen LogP) is 1.30. The molecule has 94 valence electrons. The van der Waals surface area contributed by atoms with E-state index in [1.807, 2.05) is 13.8 Å². The molecule has 0 atom stereocenters. The molecular formula is C12H14N4O2. The van der Waals surface area contributed by atoms with Crippen LogP contribution in [0.5, 0.6) is 0 Å². The van der Waals surface area contributed by atoms with Crippen LogP contribution in [-0.2, 0) is 11.2 Å². The maximum absolute atomic E-state index is 10.6. The van der Waals surface area contributed by atoms with E-state index in [0.29, 0.717) is 12.2 Å². The monoisotopic (exact) mass is 246 g/mol. The number of rotatable bonds is 4. The molecule has 0 unspecified atom stereocenters. The maximum atomic E-state index is 10.6. The smallest absolute Gasteiger partial charge is 0.303 e. The van der Waals surface area contributed by atoms with E-state index >= 15 is 0 Å². The number of aryl methyl sites for hydroxylation is 1. The highest BCUT2D eigenvalue weighted by atomic mass is 16.4. The lowest BCUT2D eigenvalue weighted by Crippen LogP contribution is -2.03. The van der Waals surface area contributed by atoms with Crippen molar-refractivity contribution in [2.45, 2.75) is 26.7 Å². The number of aromatic nitrogens is 4. The zero-order chi connectivity index (χ0) is 13.1. The van der Waals surface area contributed by atoms with Gasteiger partial charge in [-0.05, 0) is 25.8 Å². The number of carboxylic acid groups (broad SMARTS) is 1. The lowest BCUT2D eigenvalue weighted by molar-refractivity contribution is -0.136. The fourth-order valence-electron chi connectivity index (χ4n) is 1.89. The Bertz CT molecular complexity index is 563. The van der Waals surface area contributed by atoms with Crippen LogP contribution in [0.1, 0.15) is 23.4 Å². The number of hydrogen-bond acceptors (Lipinski definition) is 4. The van der Waals surface area contributed by atoms with Crippen molar-refractivity contribution in [3.8, 4) is 5.82 Å². The zero-order valence-corrected chi connectivity index (χ0v) is 10.3. The summed E-state index contributed by atoms with van der Waals surface area (Å²) in [4.78, 5) is 18.8. The number of carboxylic acids is 1. The topological polar surface area (TPSA) is 80.9 Å². The fraction of sp³-hybridized carbons (Fsp3) is 0.333. The first-order chi connectivity index (χ1) is 8.59. The van der Waals surface area contributed by atoms with Crippen LogP contribution in [-0.4, -0.2) is 30.8 Å². The molecule has 0 aliphatic rings. The minimum atomic E-state index is -0.805. The van der Waals surface area contributed by atoms with Crippen molar-refractivity contribution in [3.05, 3.63) is 35.5 Å². The van der Waals surface area contributed by atoms with Crippen LogP contribution in [0.15, 0.2) is 18.6 Å². The highest BCUT2D eigenvalue weighted by Gasteiger charge is 2.14. The molecule has 1 N–H and O–H groups in total. The third-order valence-corrected chi connectivity index (χ3v) is 2.80. The molecule has 2 heterocycles. The van der Waals surface area contributed by atoms with Crippen molar-refractivity contribution in [1.29, 1.82) is 0 Å². The quantitative estimate of drug-likeness (QED) is 0.879. The largest absolute Gasteiger partial charge is 0.481 e. The number of carbonyl (C=O) groups is 1. The normalized spacial score (nSPS) is 10.6. The second kappa shape index (κ2) is 4.95. The average Bonchev–Trinajstić information content (AvgIpc) is 2.63. The lowest BCUT2D eigenvalue weighted by Gasteiger charge is -2.03. The van der Waals surface area contributed by atoms with Crippen molar-refractivity contribution in [2.75, 3.05) is 0 Å². The van der Waals surface area contributed by atoms with Crippen LogP contribution in [0.25, 0.3) is 5.82 Å². The molecule has 0 fully saturated rings. The molecule has 0 radical (unpaired) electrons. The van der Waals surface area contributed by atoms with Gasteiger partial charge in [0.25, 0.3) is 0 Å². The Kier molecular flexibility index (Phi) is 3.36. The van der Waals surface area contributed by atoms with Crippen molar-refractivity contribution < 1.29 is 9.90 Å². The summed E-state index contributed by atoms with van der Waals surface area (Å²) in [5.74, 6) is -0.166. The summed E-state index contributed by atoms with van der Waals surface area (Å²) in [5, 5.41) is 13.1. The van der Waals surface area contributed by atoms with Crippen LogP contribution in [0, 0.1) is 13.8 Å². The van der Waals surface area contributed by atoms with Gasteiger partial charge in [0.1, 0.15) is 0 Å². The summed E-state index contributed by atoms with van der Waals surface area (Å²) in [6.45, 7) is 3.78. The van der Waals surface area contributed by atoms with Gasteiger partial charge in [0.05, 0.1) is 11.9 Å². The van der Waals surface area contributed by atoms with Crippen LogP contribution < -0.4 is 0 Å². The van der Waals surface area contributed by atoms with E-state index in [-0.39, 0.29) is 6.42 Å². The van der Waals surface area contributed by atoms with Gasteiger partial charge in [-0.25, -0.2) is 9.67 Å². The first-order valence-corrected chi connectivity index (χ1v) is 5.63. The summed E-state index contributed by atoms with van der Waals surface area (Å²) >= 11 is 0. The Labute approximate surface area is 104 Å². The zero-order valence-electron chi connectivity index (χ0n) is 10.3. The van der Waals surface area contributed by atoms with Gasteiger partial charge in [-0.3, -0.25) is 9.78 Å². The first kappa shape index (κ1) is 12.2. The van der Waals surface area contributed by atoms with Crippen molar-refractivity contribution in [1.82, 2.24) is 19.7 Å². The Balaban J connectivity index is 2.35. The summed E-state index contributed by atoms with van der Waals surface area (Å²) in [6, 6.07) is 0. The molecule has 0 spiro atoms. The molecule has 0 aliphatic carbocycles. The maximum Gasteiger partial charge on any atom is 0.303 e. The highest BCUT2D eigenvalue weighted by molar-refractivity contribution is 5.67. The average molecular weight is 246 g/mol. The number of nitrogens with zero attached hydrogens (tertiary/aromatic N) is 4. The summed E-state index contributed by atoms with van der Waals surface area (Å²) in [6.07, 6.45) is 5.41. The summed E-state index contributed by atoms with van der Waals surface area (Å²) < 4.78 is 1.69. The van der Waals surface area contributed by atoms with E-state index < -0.39 is 5.97 Å². The molecule has 2 aromatic heterocycles. The Hall–Kier alpha value is -2.24. The molecule has 2 aromatic rings. The molecule has 0 saturated heterocycles. The van der Waals surface area contributed by atoms with Crippen molar-refractivity contribution in [2.24, 2.45) is 0 Å². The molecule has 6 nitrogen and oxygen atoms in total. The van der Waals surface area contributed by atoms with E-state index in [1.165, 1.54) is 0 Å². The van der Waals surface area contributed by atoms with Gasteiger partial charge in [-0.2, -0.15) is 5.10 Å². The molecule has 0 aromatic carbocycles. The minimum absolute atomic E-state index is 0.105. The number of hydrogen-bond donors (Lipinski definition) is 1. The molecule has 0 saturated carbocycles. The Morgan fingerprint density at radius 3 is 2.78 bits per heavy atom. The van der Waals surface area contributed by atoms with E-state index in [4.69, 9.17) is 5.11 Å². The summed E-state index contributed by atoms with van der Waals surface area (Å²) in [5.41, 5.74) is 2.71. The van der Waals surface area contributed by atoms with Gasteiger partial charge < -0.3 is 5.11 Å². The van der Waals surface area contributed by atoms with Crippen molar-refractivity contribution in [3.63, 3.8) is 0 Å². The molecule has 18 heavy (non-hydrogen) atoms. The second-order valence-electron chi connectivity index (χ2n) is 4.02. The standard InChI is InChI=1S/C12H14N4O2/c1-8-10(3-4-12(17)18)9(2)16(15-8)11-7-13-5-6-14-11/h5-7H,3-4H2,1-2H3,(H,17,18). The van der Waals surface area contributed by atoms with E-state index in [9.17, 15) is 4.79 Å². The minimum Gasteiger partial charge on any atom is -0.481 e. The molecule has 0 bridgehead atoms. The Morgan fingerprint density at radius 1 is 1.39 bits per heavy atom. The molecule has 6 heteroatoms. The highest BCUT2D eigenvalue weighted by Crippen LogP contribution is 2.17. The van der Waals surface area contributed by atoms with Crippen LogP contribution in [0.4, 0.5) is 0 Å². The van der Waals surface area contributed by atoms with Gasteiger partial charge in [0.15, 0.2) is 5.82 Å². The van der Waals surface area contributed by atoms with Gasteiger partial charge in [0.2, 0.25) is 0 Å². The summed E-state index contributed by atoms with van der Waals surface area (Å²) in [7, 11) is 0. The van der Waals surface area contributed by atoms with Gasteiger partial charge >= 0.3 is 5.97 Å². The van der Waals surface area contributed by atoms with Gasteiger partial charge in [0, 0.05) is 24.5 Å². The third-order valence-electron chi connectivity index (χ3n) is 2.80. The van der Waals surface area contributed by atoms with Crippen LogP contribution >= 0.6 is 0 Å². The van der Waals surface area contributed by atoms with E-state index in [2.05, 4.69) is 15.1 Å². The van der Waals surface area contributed by atoms with Crippen molar-refractivity contribution >= 4 is 5.97 Å². The van der Waals surface area contributed by atoms with Gasteiger partial charge in [-0.15, -0.1) is 0 Å². The van der Waals surface area contributed by atoms with E-state index in [0.717, 1.165) is 17.0 Å².